The first kappa shape index (κ1) is 16.2. The Morgan fingerprint density at radius 2 is 2.17 bits per heavy atom. The second-order valence-electron chi connectivity index (χ2n) is 5.39. The Kier molecular flexibility index (Phi) is 4.32. The number of aromatic amines is 1. The average molecular weight is 338 g/mol. The van der Waals surface area contributed by atoms with Gasteiger partial charge in [0.15, 0.2) is 5.82 Å². The maximum absolute atomic E-state index is 12.5. The molecule has 1 aromatic carbocycles. The fourth-order valence-electron chi connectivity index (χ4n) is 2.59. The van der Waals surface area contributed by atoms with Crippen LogP contribution >= 0.6 is 0 Å². The van der Waals surface area contributed by atoms with Crippen LogP contribution in [0.25, 0.3) is 0 Å². The van der Waals surface area contributed by atoms with Gasteiger partial charge in [-0.3, -0.25) is 15.2 Å². The summed E-state index contributed by atoms with van der Waals surface area (Å²) in [7, 11) is 3.12. The summed E-state index contributed by atoms with van der Waals surface area (Å²) in [5.74, 6) is -0.0141. The van der Waals surface area contributed by atoms with Crippen LogP contribution in [-0.2, 0) is 4.79 Å². The standard InChI is InChI=1S/C15H16F2N4O3/c1-23-7-3-4-11(24-2)9(5-7)8-6-10(8)14(22)19-15-18-13(12(16)17)20-21-15/h3-5,8,10,12H,6H2,1-2H3,(H2,18,19,20,21,22). The first-order valence-corrected chi connectivity index (χ1v) is 7.26. The third-order valence-corrected chi connectivity index (χ3v) is 3.91. The van der Waals surface area contributed by atoms with Gasteiger partial charge in [-0.15, -0.1) is 5.10 Å². The van der Waals surface area contributed by atoms with Crippen molar-refractivity contribution in [3.8, 4) is 11.5 Å². The summed E-state index contributed by atoms with van der Waals surface area (Å²) in [5.41, 5.74) is 0.875. The van der Waals surface area contributed by atoms with Gasteiger partial charge in [0.1, 0.15) is 11.5 Å². The lowest BCUT2D eigenvalue weighted by Crippen LogP contribution is -2.15. The van der Waals surface area contributed by atoms with Gasteiger partial charge in [-0.2, -0.15) is 4.98 Å². The van der Waals surface area contributed by atoms with Crippen LogP contribution in [0.1, 0.15) is 30.2 Å². The highest BCUT2D eigenvalue weighted by Crippen LogP contribution is 2.51. The SMILES string of the molecule is COc1ccc(OC)c(C2CC2C(=O)Nc2n[nH]c(C(F)F)n2)c1. The number of hydrogen-bond acceptors (Lipinski definition) is 5. The molecule has 3 rings (SSSR count). The van der Waals surface area contributed by atoms with E-state index in [-0.39, 0.29) is 23.7 Å². The highest BCUT2D eigenvalue weighted by molar-refractivity contribution is 5.94. The molecule has 1 aromatic heterocycles. The smallest absolute Gasteiger partial charge is 0.296 e. The van der Waals surface area contributed by atoms with Crippen LogP contribution in [0.5, 0.6) is 11.5 Å². The molecule has 2 atom stereocenters. The predicted molar refractivity (Wildman–Crippen MR) is 80.4 cm³/mol. The Morgan fingerprint density at radius 3 is 2.79 bits per heavy atom. The van der Waals surface area contributed by atoms with E-state index in [1.54, 1.807) is 26.4 Å². The number of aromatic nitrogens is 3. The van der Waals surface area contributed by atoms with Crippen molar-refractivity contribution < 1.29 is 23.0 Å². The quantitative estimate of drug-likeness (QED) is 0.845. The Balaban J connectivity index is 1.69. The lowest BCUT2D eigenvalue weighted by molar-refractivity contribution is -0.117. The van der Waals surface area contributed by atoms with Gasteiger partial charge in [0.2, 0.25) is 11.9 Å². The molecule has 1 aliphatic carbocycles. The molecule has 2 unspecified atom stereocenters. The zero-order chi connectivity index (χ0) is 17.3. The third-order valence-electron chi connectivity index (χ3n) is 3.91. The first-order chi connectivity index (χ1) is 11.5. The molecule has 1 aliphatic rings. The summed E-state index contributed by atoms with van der Waals surface area (Å²) in [6, 6.07) is 5.39. The highest BCUT2D eigenvalue weighted by atomic mass is 19.3. The van der Waals surface area contributed by atoms with E-state index >= 15 is 0 Å². The lowest BCUT2D eigenvalue weighted by atomic mass is 10.1. The molecule has 0 spiro atoms. The van der Waals surface area contributed by atoms with E-state index in [0.717, 1.165) is 5.56 Å². The van der Waals surface area contributed by atoms with E-state index < -0.39 is 12.2 Å². The lowest BCUT2D eigenvalue weighted by Gasteiger charge is -2.10. The molecule has 7 nitrogen and oxygen atoms in total. The van der Waals surface area contributed by atoms with Crippen molar-refractivity contribution in [3.05, 3.63) is 29.6 Å². The van der Waals surface area contributed by atoms with E-state index in [4.69, 9.17) is 9.47 Å². The average Bonchev–Trinajstić information content (AvgIpc) is 3.25. The fraction of sp³-hybridized carbons (Fsp3) is 0.400. The van der Waals surface area contributed by atoms with Gasteiger partial charge in [0, 0.05) is 17.4 Å². The van der Waals surface area contributed by atoms with Crippen molar-refractivity contribution in [1.82, 2.24) is 15.2 Å². The number of rotatable bonds is 6. The first-order valence-electron chi connectivity index (χ1n) is 7.26. The van der Waals surface area contributed by atoms with Gasteiger partial charge in [-0.05, 0) is 24.6 Å². The molecule has 2 N–H and O–H groups in total. The van der Waals surface area contributed by atoms with Crippen molar-refractivity contribution in [2.24, 2.45) is 5.92 Å². The molecule has 1 heterocycles. The van der Waals surface area contributed by atoms with Crippen LogP contribution in [0.15, 0.2) is 18.2 Å². The number of amides is 1. The van der Waals surface area contributed by atoms with E-state index in [1.807, 2.05) is 6.07 Å². The minimum Gasteiger partial charge on any atom is -0.497 e. The third kappa shape index (κ3) is 3.15. The predicted octanol–water partition coefficient (Wildman–Crippen LogP) is 2.50. The van der Waals surface area contributed by atoms with E-state index in [2.05, 4.69) is 20.5 Å². The van der Waals surface area contributed by atoms with Crippen LogP contribution in [0.2, 0.25) is 0 Å². The molecule has 1 saturated carbocycles. The maximum Gasteiger partial charge on any atom is 0.296 e. The van der Waals surface area contributed by atoms with Gasteiger partial charge in [-0.25, -0.2) is 8.78 Å². The van der Waals surface area contributed by atoms with Crippen molar-refractivity contribution in [2.75, 3.05) is 19.5 Å². The molecule has 1 fully saturated rings. The minimum absolute atomic E-state index is 0.0245. The van der Waals surface area contributed by atoms with E-state index in [0.29, 0.717) is 17.9 Å². The highest BCUT2D eigenvalue weighted by Gasteiger charge is 2.45. The number of methoxy groups -OCH3 is 2. The molecule has 2 aromatic rings. The number of alkyl halides is 2. The number of carbonyl (C=O) groups excluding carboxylic acids is 1. The molecular weight excluding hydrogens is 322 g/mol. The van der Waals surface area contributed by atoms with E-state index in [1.165, 1.54) is 0 Å². The Labute approximate surface area is 136 Å². The summed E-state index contributed by atoms with van der Waals surface area (Å²) < 4.78 is 35.4. The summed E-state index contributed by atoms with van der Waals surface area (Å²) in [6.07, 6.45) is -2.14. The summed E-state index contributed by atoms with van der Waals surface area (Å²) >= 11 is 0. The zero-order valence-corrected chi connectivity index (χ0v) is 13.0. The fourth-order valence-corrected chi connectivity index (χ4v) is 2.59. The maximum atomic E-state index is 12.5. The van der Waals surface area contributed by atoms with Crippen molar-refractivity contribution >= 4 is 11.9 Å². The minimum atomic E-state index is -2.77. The number of nitrogens with zero attached hydrogens (tertiary/aromatic N) is 2. The van der Waals surface area contributed by atoms with Crippen molar-refractivity contribution in [3.63, 3.8) is 0 Å². The summed E-state index contributed by atoms with van der Waals surface area (Å²) in [6.45, 7) is 0. The molecule has 1 amide bonds. The molecule has 0 saturated heterocycles. The molecular formula is C15H16F2N4O3. The molecule has 9 heteroatoms. The normalized spacial score (nSPS) is 19.2. The van der Waals surface area contributed by atoms with Gasteiger partial charge in [0.25, 0.3) is 6.43 Å². The second-order valence-corrected chi connectivity index (χ2v) is 5.39. The number of anilines is 1. The van der Waals surface area contributed by atoms with Crippen LogP contribution in [-0.4, -0.2) is 35.3 Å². The Hall–Kier alpha value is -2.71. The van der Waals surface area contributed by atoms with Crippen LogP contribution in [0.3, 0.4) is 0 Å². The number of halogens is 2. The monoisotopic (exact) mass is 338 g/mol. The van der Waals surface area contributed by atoms with Crippen molar-refractivity contribution in [2.45, 2.75) is 18.8 Å². The largest absolute Gasteiger partial charge is 0.497 e. The number of ether oxygens (including phenoxy) is 2. The summed E-state index contributed by atoms with van der Waals surface area (Å²) in [4.78, 5) is 15.8. The van der Waals surface area contributed by atoms with Crippen LogP contribution < -0.4 is 14.8 Å². The van der Waals surface area contributed by atoms with Gasteiger partial charge in [0.05, 0.1) is 14.2 Å². The number of benzene rings is 1. The number of hydrogen-bond donors (Lipinski definition) is 2. The zero-order valence-electron chi connectivity index (χ0n) is 13.0. The van der Waals surface area contributed by atoms with Crippen LogP contribution in [0.4, 0.5) is 14.7 Å². The Morgan fingerprint density at radius 1 is 1.38 bits per heavy atom. The molecule has 0 bridgehead atoms. The van der Waals surface area contributed by atoms with Gasteiger partial charge < -0.3 is 9.47 Å². The number of carbonyl (C=O) groups is 1. The van der Waals surface area contributed by atoms with Crippen LogP contribution in [0, 0.1) is 5.92 Å². The molecule has 128 valence electrons. The van der Waals surface area contributed by atoms with Gasteiger partial charge in [-0.1, -0.05) is 0 Å². The Bertz CT molecular complexity index is 750. The topological polar surface area (TPSA) is 89.1 Å². The molecule has 24 heavy (non-hydrogen) atoms. The number of H-pyrrole nitrogens is 1. The second kappa shape index (κ2) is 6.42. The number of nitrogens with one attached hydrogen (secondary N) is 2. The van der Waals surface area contributed by atoms with E-state index in [9.17, 15) is 13.6 Å². The van der Waals surface area contributed by atoms with Crippen molar-refractivity contribution in [1.29, 1.82) is 0 Å². The molecule has 0 radical (unpaired) electrons. The molecule has 0 aliphatic heterocycles. The van der Waals surface area contributed by atoms with Gasteiger partial charge >= 0.3 is 0 Å². The summed E-state index contributed by atoms with van der Waals surface area (Å²) in [5, 5.41) is 8.08.